The molecule has 18 heavy (non-hydrogen) atoms. The summed E-state index contributed by atoms with van der Waals surface area (Å²) in [5.74, 6) is 0.448. The number of phosphoric ester groups is 1. The fourth-order valence-electron chi connectivity index (χ4n) is 1.13. The van der Waals surface area contributed by atoms with Crippen LogP contribution in [0, 0.1) is 0 Å². The molecule has 0 aliphatic heterocycles. The predicted octanol–water partition coefficient (Wildman–Crippen LogP) is 4.32. The molecule has 6 heteroatoms. The maximum Gasteiger partial charge on any atom is 0.530 e. The molecule has 0 unspecified atom stereocenters. The van der Waals surface area contributed by atoms with E-state index in [0.717, 1.165) is 17.7 Å². The first-order chi connectivity index (χ1) is 8.59. The fourth-order valence-corrected chi connectivity index (χ4v) is 2.65. The predicted molar refractivity (Wildman–Crippen MR) is 74.4 cm³/mol. The van der Waals surface area contributed by atoms with E-state index in [4.69, 9.17) is 13.6 Å². The van der Waals surface area contributed by atoms with E-state index in [0.29, 0.717) is 19.0 Å². The molecule has 0 aliphatic carbocycles. The van der Waals surface area contributed by atoms with E-state index >= 15 is 0 Å². The molecule has 0 spiro atoms. The summed E-state index contributed by atoms with van der Waals surface area (Å²) in [6, 6.07) is 6.87. The molecule has 0 aliphatic rings. The van der Waals surface area contributed by atoms with Crippen molar-refractivity contribution in [1.29, 1.82) is 0 Å². The van der Waals surface area contributed by atoms with Crippen LogP contribution in [-0.2, 0) is 13.6 Å². The Hall–Kier alpha value is -0.480. The van der Waals surface area contributed by atoms with Gasteiger partial charge in [-0.2, -0.15) is 0 Å². The number of hydrogen-bond donors (Lipinski definition) is 1. The molecule has 1 aromatic rings. The third-order valence-electron chi connectivity index (χ3n) is 1.96. The van der Waals surface area contributed by atoms with E-state index in [1.807, 2.05) is 13.8 Å². The molecule has 0 saturated carbocycles. The molecule has 0 aromatic heterocycles. The lowest BCUT2D eigenvalue weighted by Crippen LogP contribution is -2.04. The van der Waals surface area contributed by atoms with E-state index in [-0.39, 0.29) is 0 Å². The van der Waals surface area contributed by atoms with Gasteiger partial charge in [-0.25, -0.2) is 4.57 Å². The minimum Gasteiger partial charge on any atom is -0.404 e. The Morgan fingerprint density at radius 2 is 1.56 bits per heavy atom. The van der Waals surface area contributed by atoms with Crippen molar-refractivity contribution >= 4 is 20.5 Å². The smallest absolute Gasteiger partial charge is 0.404 e. The highest BCUT2D eigenvalue weighted by Crippen LogP contribution is 2.49. The molecule has 0 bridgehead atoms. The molecule has 102 valence electrons. The van der Waals surface area contributed by atoms with Crippen LogP contribution < -0.4 is 4.52 Å². The van der Waals surface area contributed by atoms with Gasteiger partial charge in [-0.3, -0.25) is 9.05 Å². The third kappa shape index (κ3) is 5.44. The second kappa shape index (κ2) is 7.85. The monoisotopic (exact) mass is 290 g/mol. The van der Waals surface area contributed by atoms with Crippen LogP contribution in [0.5, 0.6) is 5.75 Å². The Kier molecular flexibility index (Phi) is 6.79. The summed E-state index contributed by atoms with van der Waals surface area (Å²) in [6.07, 6.45) is 1.50. The molecular formula is C12H19O4PS. The van der Waals surface area contributed by atoms with E-state index < -0.39 is 7.82 Å². The zero-order valence-electron chi connectivity index (χ0n) is 10.7. The summed E-state index contributed by atoms with van der Waals surface area (Å²) < 4.78 is 28.1. The summed E-state index contributed by atoms with van der Waals surface area (Å²) in [4.78, 5) is 0.807. The molecule has 1 aromatic carbocycles. The quantitative estimate of drug-likeness (QED) is 0.572. The zero-order valence-corrected chi connectivity index (χ0v) is 12.5. The zero-order chi connectivity index (χ0) is 13.4. The van der Waals surface area contributed by atoms with Crippen molar-refractivity contribution in [3.8, 4) is 5.75 Å². The van der Waals surface area contributed by atoms with Gasteiger partial charge in [-0.05, 0) is 37.1 Å². The lowest BCUT2D eigenvalue weighted by Gasteiger charge is -2.18. The fraction of sp³-hybridized carbons (Fsp3) is 0.500. The summed E-state index contributed by atoms with van der Waals surface area (Å²) in [5, 5.41) is 0. The van der Waals surface area contributed by atoms with Crippen LogP contribution in [0.1, 0.15) is 26.7 Å². The molecule has 0 fully saturated rings. The van der Waals surface area contributed by atoms with Gasteiger partial charge in [0.15, 0.2) is 0 Å². The van der Waals surface area contributed by atoms with E-state index in [1.165, 1.54) is 0 Å². The van der Waals surface area contributed by atoms with Gasteiger partial charge >= 0.3 is 7.82 Å². The lowest BCUT2D eigenvalue weighted by molar-refractivity contribution is 0.155. The maximum absolute atomic E-state index is 12.3. The average molecular weight is 290 g/mol. The van der Waals surface area contributed by atoms with Crippen LogP contribution in [0.15, 0.2) is 29.2 Å². The van der Waals surface area contributed by atoms with Gasteiger partial charge in [-0.15, -0.1) is 12.6 Å². The molecule has 0 saturated heterocycles. The molecule has 1 rings (SSSR count). The Bertz CT molecular complexity index is 382. The van der Waals surface area contributed by atoms with Crippen molar-refractivity contribution in [2.45, 2.75) is 31.6 Å². The molecule has 0 amide bonds. The van der Waals surface area contributed by atoms with Crippen molar-refractivity contribution in [2.24, 2.45) is 0 Å². The number of rotatable bonds is 8. The highest BCUT2D eigenvalue weighted by Gasteiger charge is 2.27. The first kappa shape index (κ1) is 15.6. The molecule has 0 N–H and O–H groups in total. The van der Waals surface area contributed by atoms with Crippen LogP contribution >= 0.6 is 20.5 Å². The van der Waals surface area contributed by atoms with Gasteiger partial charge in [0.2, 0.25) is 0 Å². The van der Waals surface area contributed by atoms with E-state index in [9.17, 15) is 4.57 Å². The first-order valence-electron chi connectivity index (χ1n) is 5.97. The van der Waals surface area contributed by atoms with Crippen molar-refractivity contribution < 1.29 is 18.1 Å². The normalized spacial score (nSPS) is 11.5. The first-order valence-corrected chi connectivity index (χ1v) is 7.88. The van der Waals surface area contributed by atoms with Crippen molar-refractivity contribution in [3.63, 3.8) is 0 Å². The summed E-state index contributed by atoms with van der Waals surface area (Å²) >= 11 is 4.17. The van der Waals surface area contributed by atoms with Gasteiger partial charge < -0.3 is 4.52 Å². The molecule has 4 nitrogen and oxygen atoms in total. The minimum atomic E-state index is -3.51. The van der Waals surface area contributed by atoms with Crippen molar-refractivity contribution in [2.75, 3.05) is 13.2 Å². The standard InChI is InChI=1S/C12H19O4PS/c1-3-9-14-17(13,15-10-4-2)16-11-5-7-12(18)8-6-11/h5-8,18H,3-4,9-10H2,1-2H3. The Labute approximate surface area is 114 Å². The highest BCUT2D eigenvalue weighted by atomic mass is 32.1. The molecule has 0 heterocycles. The maximum atomic E-state index is 12.3. The molecule has 0 atom stereocenters. The highest BCUT2D eigenvalue weighted by molar-refractivity contribution is 7.80. The molecular weight excluding hydrogens is 271 g/mol. The van der Waals surface area contributed by atoms with Crippen LogP contribution in [0.25, 0.3) is 0 Å². The van der Waals surface area contributed by atoms with Crippen LogP contribution in [-0.4, -0.2) is 13.2 Å². The number of thiol groups is 1. The largest absolute Gasteiger partial charge is 0.530 e. The SMILES string of the molecule is CCCOP(=O)(OCCC)Oc1ccc(S)cc1. The van der Waals surface area contributed by atoms with Crippen LogP contribution in [0.3, 0.4) is 0 Å². The summed E-state index contributed by atoms with van der Waals surface area (Å²) in [6.45, 7) is 4.54. The van der Waals surface area contributed by atoms with Gasteiger partial charge in [0.25, 0.3) is 0 Å². The molecule has 0 radical (unpaired) electrons. The van der Waals surface area contributed by atoms with E-state index in [2.05, 4.69) is 12.6 Å². The van der Waals surface area contributed by atoms with Gasteiger partial charge in [-0.1, -0.05) is 13.8 Å². The second-order valence-corrected chi connectivity index (χ2v) is 5.81. The van der Waals surface area contributed by atoms with Crippen molar-refractivity contribution in [3.05, 3.63) is 24.3 Å². The summed E-state index contributed by atoms with van der Waals surface area (Å²) in [5.41, 5.74) is 0. The Morgan fingerprint density at radius 1 is 1.06 bits per heavy atom. The minimum absolute atomic E-state index is 0.339. The number of hydrogen-bond acceptors (Lipinski definition) is 5. The number of phosphoric acid groups is 1. The Morgan fingerprint density at radius 3 is 2.00 bits per heavy atom. The summed E-state index contributed by atoms with van der Waals surface area (Å²) in [7, 11) is -3.51. The average Bonchev–Trinajstić information content (AvgIpc) is 2.37. The van der Waals surface area contributed by atoms with Crippen LogP contribution in [0.2, 0.25) is 0 Å². The lowest BCUT2D eigenvalue weighted by atomic mass is 10.3. The third-order valence-corrected chi connectivity index (χ3v) is 3.69. The van der Waals surface area contributed by atoms with Crippen molar-refractivity contribution in [1.82, 2.24) is 0 Å². The number of benzene rings is 1. The van der Waals surface area contributed by atoms with E-state index in [1.54, 1.807) is 24.3 Å². The topological polar surface area (TPSA) is 44.8 Å². The van der Waals surface area contributed by atoms with Gasteiger partial charge in [0.1, 0.15) is 5.75 Å². The van der Waals surface area contributed by atoms with Crippen LogP contribution in [0.4, 0.5) is 0 Å². The van der Waals surface area contributed by atoms with Gasteiger partial charge in [0.05, 0.1) is 13.2 Å². The Balaban J connectivity index is 2.70. The van der Waals surface area contributed by atoms with Gasteiger partial charge in [0, 0.05) is 4.90 Å². The second-order valence-electron chi connectivity index (χ2n) is 3.70.